The fraction of sp³-hybridized carbons (Fsp3) is 0.483. The van der Waals surface area contributed by atoms with Gasteiger partial charge in [-0.05, 0) is 94.3 Å². The Hall–Kier alpha value is -2.70. The summed E-state index contributed by atoms with van der Waals surface area (Å²) in [6.07, 6.45) is 6.35. The highest BCUT2D eigenvalue weighted by atomic mass is 35.5. The fourth-order valence-corrected chi connectivity index (χ4v) is 5.85. The molecule has 0 unspecified atom stereocenters. The molecule has 1 aromatic heterocycles. The molecule has 2 aliphatic rings. The van der Waals surface area contributed by atoms with Crippen LogP contribution in [-0.2, 0) is 11.3 Å². The number of piperidine rings is 1. The summed E-state index contributed by atoms with van der Waals surface area (Å²) in [7, 11) is 0. The number of fused-ring (bicyclic) bond motifs is 1. The Labute approximate surface area is 217 Å². The van der Waals surface area contributed by atoms with Gasteiger partial charge in [-0.25, -0.2) is 4.98 Å². The Morgan fingerprint density at radius 3 is 2.61 bits per heavy atom. The zero-order valence-electron chi connectivity index (χ0n) is 21.2. The molecule has 190 valence electrons. The van der Waals surface area contributed by atoms with Gasteiger partial charge < -0.3 is 10.2 Å². The van der Waals surface area contributed by atoms with Crippen molar-refractivity contribution >= 4 is 28.4 Å². The first-order valence-electron chi connectivity index (χ1n) is 13.2. The van der Waals surface area contributed by atoms with Gasteiger partial charge in [-0.2, -0.15) is 0 Å². The summed E-state index contributed by atoms with van der Waals surface area (Å²) in [5, 5.41) is 4.01. The Kier molecular flexibility index (Phi) is 7.44. The minimum Gasteiger partial charge on any atom is -0.352 e. The SMILES string of the molecule is CC(C)NC(=O)Cn1c(-c2cccc(Cl)c2)nc2ccc([C@H]3C[C@@H](CN4CCCCC4)C3)cc2c1=O. The van der Waals surface area contributed by atoms with Gasteiger partial charge in [-0.15, -0.1) is 0 Å². The maximum Gasteiger partial charge on any atom is 0.262 e. The lowest BCUT2D eigenvalue weighted by Crippen LogP contribution is -2.38. The van der Waals surface area contributed by atoms with E-state index in [1.54, 1.807) is 12.1 Å². The van der Waals surface area contributed by atoms with Crippen LogP contribution in [0.1, 0.15) is 57.4 Å². The van der Waals surface area contributed by atoms with E-state index in [4.69, 9.17) is 16.6 Å². The third-order valence-electron chi connectivity index (χ3n) is 7.48. The van der Waals surface area contributed by atoms with Gasteiger partial charge in [0.1, 0.15) is 12.4 Å². The molecule has 0 atom stereocenters. The second-order valence-corrected chi connectivity index (χ2v) is 11.2. The topological polar surface area (TPSA) is 67.2 Å². The lowest BCUT2D eigenvalue weighted by atomic mass is 9.71. The number of amides is 1. The Morgan fingerprint density at radius 1 is 1.11 bits per heavy atom. The van der Waals surface area contributed by atoms with E-state index in [0.717, 1.165) is 5.92 Å². The van der Waals surface area contributed by atoms with Gasteiger partial charge in [0, 0.05) is 23.2 Å². The minimum atomic E-state index is -0.216. The van der Waals surface area contributed by atoms with Crippen LogP contribution < -0.4 is 10.9 Å². The molecule has 2 aromatic carbocycles. The largest absolute Gasteiger partial charge is 0.352 e. The van der Waals surface area contributed by atoms with Crippen molar-refractivity contribution in [2.75, 3.05) is 19.6 Å². The molecule has 0 spiro atoms. The summed E-state index contributed by atoms with van der Waals surface area (Å²) >= 11 is 6.23. The number of rotatable bonds is 7. The number of hydrogen-bond donors (Lipinski definition) is 1. The number of nitrogens with one attached hydrogen (secondary N) is 1. The molecule has 0 radical (unpaired) electrons. The van der Waals surface area contributed by atoms with Crippen molar-refractivity contribution in [3.8, 4) is 11.4 Å². The van der Waals surface area contributed by atoms with Gasteiger partial charge in [-0.1, -0.05) is 36.2 Å². The number of benzene rings is 2. The van der Waals surface area contributed by atoms with Crippen LogP contribution in [0.2, 0.25) is 5.02 Å². The average molecular weight is 507 g/mol. The molecule has 3 aromatic rings. The molecule has 1 saturated heterocycles. The molecular formula is C29H35ClN4O2. The predicted octanol–water partition coefficient (Wildman–Crippen LogP) is 5.22. The predicted molar refractivity (Wildman–Crippen MR) is 145 cm³/mol. The molecular weight excluding hydrogens is 472 g/mol. The van der Waals surface area contributed by atoms with Crippen molar-refractivity contribution in [1.82, 2.24) is 19.8 Å². The third-order valence-corrected chi connectivity index (χ3v) is 7.72. The molecule has 1 saturated carbocycles. The smallest absolute Gasteiger partial charge is 0.262 e. The fourth-order valence-electron chi connectivity index (χ4n) is 5.66. The highest BCUT2D eigenvalue weighted by Gasteiger charge is 2.32. The van der Waals surface area contributed by atoms with Crippen LogP contribution in [0.3, 0.4) is 0 Å². The van der Waals surface area contributed by atoms with Crippen molar-refractivity contribution in [3.05, 3.63) is 63.4 Å². The maximum atomic E-state index is 13.7. The quantitative estimate of drug-likeness (QED) is 0.477. The Bertz CT molecular complexity index is 1310. The van der Waals surface area contributed by atoms with E-state index in [1.165, 1.54) is 61.9 Å². The van der Waals surface area contributed by atoms with E-state index in [1.807, 2.05) is 38.1 Å². The van der Waals surface area contributed by atoms with E-state index in [0.29, 0.717) is 33.2 Å². The monoisotopic (exact) mass is 506 g/mol. The summed E-state index contributed by atoms with van der Waals surface area (Å²) in [6, 6.07) is 13.3. The van der Waals surface area contributed by atoms with Crippen LogP contribution in [0, 0.1) is 5.92 Å². The van der Waals surface area contributed by atoms with E-state index >= 15 is 0 Å². The van der Waals surface area contributed by atoms with Crippen molar-refractivity contribution in [2.24, 2.45) is 5.92 Å². The van der Waals surface area contributed by atoms with Crippen LogP contribution in [0.4, 0.5) is 0 Å². The molecule has 2 fully saturated rings. The van der Waals surface area contributed by atoms with Crippen LogP contribution in [0.25, 0.3) is 22.3 Å². The number of likely N-dealkylation sites (tertiary alicyclic amines) is 1. The molecule has 1 aliphatic heterocycles. The zero-order valence-corrected chi connectivity index (χ0v) is 21.9. The van der Waals surface area contributed by atoms with Crippen LogP contribution in [-0.4, -0.2) is 46.0 Å². The molecule has 1 amide bonds. The van der Waals surface area contributed by atoms with Gasteiger partial charge >= 0.3 is 0 Å². The number of aromatic nitrogens is 2. The second-order valence-electron chi connectivity index (χ2n) is 10.7. The molecule has 36 heavy (non-hydrogen) atoms. The number of carbonyl (C=O) groups excluding carboxylic acids is 1. The van der Waals surface area contributed by atoms with E-state index in [9.17, 15) is 9.59 Å². The summed E-state index contributed by atoms with van der Waals surface area (Å²) < 4.78 is 1.48. The lowest BCUT2D eigenvalue weighted by Gasteiger charge is -2.40. The van der Waals surface area contributed by atoms with Gasteiger partial charge in [0.05, 0.1) is 10.9 Å². The summed E-state index contributed by atoms with van der Waals surface area (Å²) in [6.45, 7) is 7.39. The van der Waals surface area contributed by atoms with Gasteiger partial charge in [0.25, 0.3) is 5.56 Å². The van der Waals surface area contributed by atoms with E-state index in [2.05, 4.69) is 16.3 Å². The van der Waals surface area contributed by atoms with Crippen molar-refractivity contribution in [3.63, 3.8) is 0 Å². The molecule has 7 heteroatoms. The third kappa shape index (κ3) is 5.50. The first-order valence-corrected chi connectivity index (χ1v) is 13.6. The van der Waals surface area contributed by atoms with Crippen LogP contribution in [0.15, 0.2) is 47.3 Å². The molecule has 1 aliphatic carbocycles. The highest BCUT2D eigenvalue weighted by molar-refractivity contribution is 6.30. The zero-order chi connectivity index (χ0) is 25.2. The minimum absolute atomic E-state index is 0.0145. The van der Waals surface area contributed by atoms with Crippen LogP contribution in [0.5, 0.6) is 0 Å². The molecule has 5 rings (SSSR count). The standard InChI is InChI=1S/C29H35ClN4O2/c1-19(2)31-27(35)18-34-28(22-7-6-8-24(30)15-22)32-26-10-9-21(16-25(26)29(34)36)23-13-20(14-23)17-33-11-4-3-5-12-33/h6-10,15-16,19-20,23H,3-5,11-14,17-18H2,1-2H3,(H,31,35)/t20-,23+. The first kappa shape index (κ1) is 25.0. The van der Waals surface area contributed by atoms with Crippen molar-refractivity contribution < 1.29 is 4.79 Å². The molecule has 6 nitrogen and oxygen atoms in total. The molecule has 2 heterocycles. The maximum absolute atomic E-state index is 13.7. The normalized spacial score (nSPS) is 20.4. The molecule has 1 N–H and O–H groups in total. The Morgan fingerprint density at radius 2 is 1.89 bits per heavy atom. The summed E-state index contributed by atoms with van der Waals surface area (Å²) in [5.41, 5.74) is 2.36. The Balaban J connectivity index is 1.44. The van der Waals surface area contributed by atoms with Crippen molar-refractivity contribution in [2.45, 2.75) is 64.5 Å². The molecule has 0 bridgehead atoms. The summed E-state index contributed by atoms with van der Waals surface area (Å²) in [4.78, 5) is 33.9. The number of hydrogen-bond acceptors (Lipinski definition) is 4. The van der Waals surface area contributed by atoms with E-state index < -0.39 is 0 Å². The van der Waals surface area contributed by atoms with Gasteiger partial charge in [0.15, 0.2) is 0 Å². The second kappa shape index (κ2) is 10.7. The lowest BCUT2D eigenvalue weighted by molar-refractivity contribution is -0.122. The first-order chi connectivity index (χ1) is 17.4. The number of nitrogens with zero attached hydrogens (tertiary/aromatic N) is 3. The van der Waals surface area contributed by atoms with Gasteiger partial charge in [-0.3, -0.25) is 14.2 Å². The van der Waals surface area contributed by atoms with Gasteiger partial charge in [0.2, 0.25) is 5.91 Å². The van der Waals surface area contributed by atoms with Crippen molar-refractivity contribution in [1.29, 1.82) is 0 Å². The van der Waals surface area contributed by atoms with Crippen LogP contribution >= 0.6 is 11.6 Å². The number of carbonyl (C=O) groups is 1. The van der Waals surface area contributed by atoms with E-state index in [-0.39, 0.29) is 24.1 Å². The highest BCUT2D eigenvalue weighted by Crippen LogP contribution is 2.42. The average Bonchev–Trinajstić information content (AvgIpc) is 2.83. The number of halogens is 1. The summed E-state index contributed by atoms with van der Waals surface area (Å²) in [5.74, 6) is 1.46.